The smallest absolute Gasteiger partial charge is 0.113 e. The summed E-state index contributed by atoms with van der Waals surface area (Å²) in [6, 6.07) is 47.6. The van der Waals surface area contributed by atoms with Crippen molar-refractivity contribution in [3.63, 3.8) is 0 Å². The molecule has 0 aliphatic heterocycles. The van der Waals surface area contributed by atoms with E-state index in [0.29, 0.717) is 0 Å². The highest BCUT2D eigenvalue weighted by Gasteiger charge is 2.13. The van der Waals surface area contributed by atoms with Crippen molar-refractivity contribution in [1.29, 1.82) is 0 Å². The number of pyridine rings is 2. The molecule has 0 saturated heterocycles. The van der Waals surface area contributed by atoms with Gasteiger partial charge in [-0.1, -0.05) is 103 Å². The summed E-state index contributed by atoms with van der Waals surface area (Å²) < 4.78 is 0. The average Bonchev–Trinajstić information content (AvgIpc) is 3.49. The fourth-order valence-electron chi connectivity index (χ4n) is 5.40. The Morgan fingerprint density at radius 1 is 0.415 bits per heavy atom. The summed E-state index contributed by atoms with van der Waals surface area (Å²) in [5, 5.41) is 11.6. The molecule has 0 aliphatic carbocycles. The summed E-state index contributed by atoms with van der Waals surface area (Å²) in [5.74, 6) is 0. The molecule has 0 fully saturated rings. The lowest BCUT2D eigenvalue weighted by Crippen LogP contribution is -2.01. The van der Waals surface area contributed by atoms with Crippen LogP contribution in [0.25, 0.3) is 72.2 Å². The zero-order valence-corrected chi connectivity index (χ0v) is 22.0. The molecular formula is C36H23N5. The highest BCUT2D eigenvalue weighted by molar-refractivity contribution is 6.04. The number of para-hydroxylation sites is 1. The van der Waals surface area contributed by atoms with Gasteiger partial charge >= 0.3 is 0 Å². The SMILES string of the molecule is c1ccc(-c2ccc3ccc4ccc(-c5cccc(-c6ccccc6-n6nc7ccccc7n6)c5)nc4c3n2)cc1. The molecule has 0 spiro atoms. The summed E-state index contributed by atoms with van der Waals surface area (Å²) >= 11 is 0. The number of fused-ring (bicyclic) bond motifs is 4. The average molecular weight is 526 g/mol. The minimum Gasteiger partial charge on any atom is -0.245 e. The van der Waals surface area contributed by atoms with Gasteiger partial charge in [-0.2, -0.15) is 0 Å². The first kappa shape index (κ1) is 23.2. The minimum absolute atomic E-state index is 0.868. The van der Waals surface area contributed by atoms with Crippen LogP contribution in [0.5, 0.6) is 0 Å². The molecule has 5 heteroatoms. The number of rotatable bonds is 4. The number of nitrogens with zero attached hydrogens (tertiary/aromatic N) is 5. The zero-order chi connectivity index (χ0) is 27.2. The van der Waals surface area contributed by atoms with Crippen molar-refractivity contribution in [2.45, 2.75) is 0 Å². The molecule has 0 atom stereocenters. The van der Waals surface area contributed by atoms with Gasteiger partial charge in [-0.3, -0.25) is 0 Å². The van der Waals surface area contributed by atoms with E-state index < -0.39 is 0 Å². The van der Waals surface area contributed by atoms with Crippen molar-refractivity contribution in [2.24, 2.45) is 0 Å². The van der Waals surface area contributed by atoms with Crippen LogP contribution in [0.2, 0.25) is 0 Å². The molecule has 0 N–H and O–H groups in total. The maximum Gasteiger partial charge on any atom is 0.113 e. The summed E-state index contributed by atoms with van der Waals surface area (Å²) in [5.41, 5.74) is 10.6. The number of aromatic nitrogens is 5. The number of hydrogen-bond acceptors (Lipinski definition) is 4. The second-order valence-electron chi connectivity index (χ2n) is 10.0. The Bertz CT molecular complexity index is 2180. The zero-order valence-electron chi connectivity index (χ0n) is 22.0. The maximum atomic E-state index is 5.16. The first-order valence-corrected chi connectivity index (χ1v) is 13.6. The molecule has 8 aromatic rings. The second-order valence-corrected chi connectivity index (χ2v) is 10.0. The maximum absolute atomic E-state index is 5.16. The Balaban J connectivity index is 1.24. The highest BCUT2D eigenvalue weighted by atomic mass is 15.5. The van der Waals surface area contributed by atoms with Gasteiger partial charge < -0.3 is 0 Å². The van der Waals surface area contributed by atoms with Gasteiger partial charge in [0.1, 0.15) is 11.0 Å². The van der Waals surface area contributed by atoms with Gasteiger partial charge in [-0.05, 0) is 42.0 Å². The number of benzene rings is 5. The fraction of sp³-hybridized carbons (Fsp3) is 0. The van der Waals surface area contributed by atoms with E-state index in [1.807, 2.05) is 54.6 Å². The molecule has 41 heavy (non-hydrogen) atoms. The lowest BCUT2D eigenvalue weighted by molar-refractivity contribution is 0.767. The van der Waals surface area contributed by atoms with Crippen LogP contribution in [0.1, 0.15) is 0 Å². The molecule has 3 heterocycles. The van der Waals surface area contributed by atoms with Crippen LogP contribution in [0.15, 0.2) is 140 Å². The van der Waals surface area contributed by atoms with Crippen molar-refractivity contribution in [2.75, 3.05) is 0 Å². The van der Waals surface area contributed by atoms with E-state index in [4.69, 9.17) is 20.2 Å². The summed E-state index contributed by atoms with van der Waals surface area (Å²) in [6.07, 6.45) is 0. The van der Waals surface area contributed by atoms with Gasteiger partial charge in [0.2, 0.25) is 0 Å². The quantitative estimate of drug-likeness (QED) is 0.216. The third kappa shape index (κ3) is 4.12. The van der Waals surface area contributed by atoms with Crippen LogP contribution in [0.3, 0.4) is 0 Å². The normalized spacial score (nSPS) is 11.4. The second kappa shape index (κ2) is 9.50. The van der Waals surface area contributed by atoms with E-state index in [1.54, 1.807) is 4.80 Å². The van der Waals surface area contributed by atoms with Crippen LogP contribution in [0.4, 0.5) is 0 Å². The Morgan fingerprint density at radius 2 is 0.951 bits per heavy atom. The van der Waals surface area contributed by atoms with E-state index in [2.05, 4.69) is 84.9 Å². The first-order valence-electron chi connectivity index (χ1n) is 13.6. The van der Waals surface area contributed by atoms with Gasteiger partial charge in [0, 0.05) is 27.5 Å². The van der Waals surface area contributed by atoms with Gasteiger partial charge in [-0.25, -0.2) is 9.97 Å². The van der Waals surface area contributed by atoms with Crippen molar-refractivity contribution in [3.05, 3.63) is 140 Å². The fourth-order valence-corrected chi connectivity index (χ4v) is 5.40. The molecule has 0 radical (unpaired) electrons. The molecule has 0 amide bonds. The van der Waals surface area contributed by atoms with Crippen LogP contribution in [0, 0.1) is 0 Å². The first-order chi connectivity index (χ1) is 20.3. The van der Waals surface area contributed by atoms with Gasteiger partial charge in [0.15, 0.2) is 0 Å². The molecule has 192 valence electrons. The predicted octanol–water partition coefficient (Wildman–Crippen LogP) is 8.52. The van der Waals surface area contributed by atoms with Crippen molar-refractivity contribution in [1.82, 2.24) is 25.0 Å². The highest BCUT2D eigenvalue weighted by Crippen LogP contribution is 2.32. The molecule has 0 aliphatic rings. The number of hydrogen-bond donors (Lipinski definition) is 0. The monoisotopic (exact) mass is 525 g/mol. The van der Waals surface area contributed by atoms with E-state index in [9.17, 15) is 0 Å². The van der Waals surface area contributed by atoms with Crippen LogP contribution in [-0.4, -0.2) is 25.0 Å². The standard InChI is InChI=1S/C36H23N5/c1-2-9-24(10-3-1)30-21-19-25-17-18-26-20-22-31(38-36(26)35(25)37-30)28-12-8-11-27(23-28)29-13-4-7-16-34(29)41-39-32-14-5-6-15-33(32)40-41/h1-23H. The Kier molecular flexibility index (Phi) is 5.38. The topological polar surface area (TPSA) is 56.5 Å². The van der Waals surface area contributed by atoms with E-state index in [-0.39, 0.29) is 0 Å². The Labute approximate surface area is 236 Å². The summed E-state index contributed by atoms with van der Waals surface area (Å²) in [4.78, 5) is 11.9. The molecule has 3 aromatic heterocycles. The Morgan fingerprint density at radius 3 is 1.66 bits per heavy atom. The van der Waals surface area contributed by atoms with Crippen LogP contribution in [-0.2, 0) is 0 Å². The van der Waals surface area contributed by atoms with Crippen molar-refractivity contribution >= 4 is 32.8 Å². The van der Waals surface area contributed by atoms with Crippen LogP contribution >= 0.6 is 0 Å². The van der Waals surface area contributed by atoms with Crippen LogP contribution < -0.4 is 0 Å². The largest absolute Gasteiger partial charge is 0.245 e. The van der Waals surface area contributed by atoms with Crippen molar-refractivity contribution in [3.8, 4) is 39.3 Å². The van der Waals surface area contributed by atoms with E-state index >= 15 is 0 Å². The predicted molar refractivity (Wildman–Crippen MR) is 166 cm³/mol. The third-order valence-electron chi connectivity index (χ3n) is 7.46. The molecule has 0 unspecified atom stereocenters. The molecule has 8 rings (SSSR count). The molecule has 0 bridgehead atoms. The van der Waals surface area contributed by atoms with E-state index in [1.165, 1.54) is 0 Å². The van der Waals surface area contributed by atoms with Gasteiger partial charge in [0.05, 0.1) is 28.1 Å². The molecule has 5 nitrogen and oxygen atoms in total. The lowest BCUT2D eigenvalue weighted by atomic mass is 9.99. The molecule has 5 aromatic carbocycles. The van der Waals surface area contributed by atoms with Gasteiger partial charge in [-0.15, -0.1) is 15.0 Å². The lowest BCUT2D eigenvalue weighted by Gasteiger charge is -2.11. The molecular weight excluding hydrogens is 502 g/mol. The van der Waals surface area contributed by atoms with E-state index in [0.717, 1.165) is 72.2 Å². The Hall–Kier alpha value is -5.68. The molecule has 0 saturated carbocycles. The van der Waals surface area contributed by atoms with Crippen molar-refractivity contribution < 1.29 is 0 Å². The summed E-state index contributed by atoms with van der Waals surface area (Å²) in [6.45, 7) is 0. The van der Waals surface area contributed by atoms with Gasteiger partial charge in [0.25, 0.3) is 0 Å². The minimum atomic E-state index is 0.868. The third-order valence-corrected chi connectivity index (χ3v) is 7.46. The summed E-state index contributed by atoms with van der Waals surface area (Å²) in [7, 11) is 0.